The molecule has 0 fully saturated rings. The van der Waals surface area contributed by atoms with E-state index in [-0.39, 0.29) is 67.8 Å². The van der Waals surface area contributed by atoms with Gasteiger partial charge in [-0.2, -0.15) is 0 Å². The summed E-state index contributed by atoms with van der Waals surface area (Å²) in [5.41, 5.74) is 30.6. The first kappa shape index (κ1) is 69.4. The third kappa shape index (κ3) is 11.2. The van der Waals surface area contributed by atoms with Crippen LogP contribution >= 0.6 is 0 Å². The summed E-state index contributed by atoms with van der Waals surface area (Å²) in [7, 11) is 0. The second-order valence-electron chi connectivity index (χ2n) is 32.2. The number of hydrogen-bond donors (Lipinski definition) is 0. The second kappa shape index (κ2) is 26.8. The van der Waals surface area contributed by atoms with Gasteiger partial charge < -0.3 is 9.97 Å². The van der Waals surface area contributed by atoms with Gasteiger partial charge in [0.05, 0.1) is 22.8 Å². The Bertz CT molecular complexity index is 5410. The second-order valence-corrected chi connectivity index (χ2v) is 32.2. The summed E-state index contributed by atoms with van der Waals surface area (Å²) in [6.45, 7) is 37.8. The molecule has 4 nitrogen and oxygen atoms in total. The molecule has 14 aromatic rings. The van der Waals surface area contributed by atoms with Crippen molar-refractivity contribution in [2.24, 2.45) is 0 Å². The Labute approximate surface area is 633 Å². The van der Waals surface area contributed by atoms with Gasteiger partial charge in [0, 0.05) is 22.3 Å². The third-order valence-corrected chi connectivity index (χ3v) is 22.9. The van der Waals surface area contributed by atoms with Crippen molar-refractivity contribution in [1.82, 2.24) is 19.9 Å². The first-order valence-corrected chi connectivity index (χ1v) is 38.2. The van der Waals surface area contributed by atoms with Crippen LogP contribution in [-0.2, 0) is 20.4 Å². The van der Waals surface area contributed by atoms with Crippen molar-refractivity contribution in [1.29, 1.82) is 0 Å². The number of hydrogen-bond acceptors (Lipinski definition) is 2. The SMILES string of the molecule is CC(C)c1cccc(C(C)C)c1-c1c2nc(c(-c3c(C(C)C)cccc3C(C)C)c3[n-]c(c(-c4c(C(C)C)cccc4C(C)C)c4nc(c(-c5c(C(C)C)cccc5C(C)C)c5[n-]c1c1cc6ccccc6cc51)-c1cc5ccccc5cc1-4)c1cc4ccccc4cc31)-c1cc3ccccc3cc1-2.[Pd+2]. The molecule has 17 rings (SSSR count). The van der Waals surface area contributed by atoms with Crippen LogP contribution in [-0.4, -0.2) is 9.97 Å². The minimum absolute atomic E-state index is 0. The first-order valence-electron chi connectivity index (χ1n) is 38.2. The third-order valence-electron chi connectivity index (χ3n) is 22.9. The average Bonchev–Trinajstić information content (AvgIpc) is 1.55. The van der Waals surface area contributed by atoms with Crippen molar-refractivity contribution in [2.75, 3.05) is 0 Å². The summed E-state index contributed by atoms with van der Waals surface area (Å²) < 4.78 is 0. The Morgan fingerprint density at radius 3 is 0.524 bits per heavy atom. The van der Waals surface area contributed by atoms with E-state index in [1.807, 2.05) is 0 Å². The van der Waals surface area contributed by atoms with Gasteiger partial charge in [-0.15, -0.1) is 22.1 Å². The van der Waals surface area contributed by atoms with E-state index in [0.29, 0.717) is 0 Å². The van der Waals surface area contributed by atoms with E-state index in [9.17, 15) is 0 Å². The number of benzene rings is 12. The predicted octanol–water partition coefficient (Wildman–Crippen LogP) is 28.8. The molecule has 3 aliphatic rings. The normalized spacial score (nSPS) is 12.4. The molecule has 5 heteroatoms. The van der Waals surface area contributed by atoms with Gasteiger partial charge in [0.2, 0.25) is 0 Å². The van der Waals surface area contributed by atoms with Crippen LogP contribution in [0.5, 0.6) is 0 Å². The van der Waals surface area contributed by atoms with Crippen LogP contribution in [0.25, 0.3) is 176 Å². The minimum atomic E-state index is 0. The monoisotopic (exact) mass is 1450 g/mol. The van der Waals surface area contributed by atoms with Gasteiger partial charge in [-0.25, -0.2) is 9.97 Å². The maximum Gasteiger partial charge on any atom is 2.00 e. The van der Waals surface area contributed by atoms with Crippen LogP contribution in [0.4, 0.5) is 0 Å². The zero-order valence-corrected chi connectivity index (χ0v) is 65.1. The van der Waals surface area contributed by atoms with E-state index in [1.54, 1.807) is 0 Å². The van der Waals surface area contributed by atoms with Gasteiger partial charge in [0.25, 0.3) is 0 Å². The van der Waals surface area contributed by atoms with Crippen molar-refractivity contribution in [3.8, 4) is 89.5 Å². The van der Waals surface area contributed by atoms with Crippen LogP contribution in [0, 0.1) is 0 Å². The molecule has 0 amide bonds. The molecule has 12 aromatic carbocycles. The molecule has 522 valence electrons. The summed E-state index contributed by atoms with van der Waals surface area (Å²) in [6, 6.07) is 83.7. The summed E-state index contributed by atoms with van der Waals surface area (Å²) >= 11 is 0. The summed E-state index contributed by atoms with van der Waals surface area (Å²) in [5.74, 6) is 1.04. The maximum absolute atomic E-state index is 6.68. The predicted molar refractivity (Wildman–Crippen MR) is 447 cm³/mol. The van der Waals surface area contributed by atoms with Crippen molar-refractivity contribution >= 4 is 86.7 Å². The quantitative estimate of drug-likeness (QED) is 0.114. The molecule has 0 radical (unpaired) electrons. The van der Waals surface area contributed by atoms with Crippen molar-refractivity contribution < 1.29 is 20.4 Å². The standard InChI is InChI=1S/C100H92N4.Pd/c1-53(2)69-37-25-38-70(54(3)4)85(69)89-93-77-45-61-29-17-19-31-63(61)47-79(77)95(101-93)90(86-71(55(5)6)39-26-40-72(86)56(7)8)97-81-49-65-33-21-23-35-67(65)51-83(81)99(103-97)92(88-75(59(13)14)43-28-44-76(88)60(15)16)100-84-52-68-36-24-22-34-66(68)50-82(84)98(104-100)91(87-73(57(9)10)41-27-42-74(87)58(11)12)96-80-48-64-32-20-18-30-62(64)46-78(80)94(89)102-96;/h17-60H,1-16H3;/q-2;+2. The van der Waals surface area contributed by atoms with E-state index in [1.165, 1.54) is 66.8 Å². The van der Waals surface area contributed by atoms with Gasteiger partial charge in [-0.1, -0.05) is 281 Å². The molecule has 2 aromatic heterocycles. The molecule has 0 spiro atoms. The molecule has 0 N–H and O–H groups in total. The first-order chi connectivity index (χ1) is 50.2. The molecular weight excluding hydrogens is 1360 g/mol. The molecular formula is C100H92N4Pd. The van der Waals surface area contributed by atoms with Gasteiger partial charge >= 0.3 is 20.4 Å². The Balaban J connectivity index is 0.00000847. The molecule has 2 aliphatic heterocycles. The number of rotatable bonds is 12. The van der Waals surface area contributed by atoms with Crippen LogP contribution in [0.15, 0.2) is 218 Å². The summed E-state index contributed by atoms with van der Waals surface area (Å²) in [6.07, 6.45) is 0. The Hall–Kier alpha value is -10.0. The summed E-state index contributed by atoms with van der Waals surface area (Å²) in [4.78, 5) is 26.7. The zero-order chi connectivity index (χ0) is 72.0. The minimum Gasteiger partial charge on any atom is -0.656 e. The smallest absolute Gasteiger partial charge is 0.656 e. The fourth-order valence-corrected chi connectivity index (χ4v) is 17.7. The van der Waals surface area contributed by atoms with Gasteiger partial charge in [-0.3, -0.25) is 0 Å². The van der Waals surface area contributed by atoms with E-state index in [4.69, 9.17) is 19.9 Å². The van der Waals surface area contributed by atoms with Gasteiger partial charge in [-0.05, 0) is 250 Å². The Morgan fingerprint density at radius 2 is 0.362 bits per heavy atom. The maximum atomic E-state index is 6.68. The molecule has 0 saturated heterocycles. The topological polar surface area (TPSA) is 54.0 Å². The fourth-order valence-electron chi connectivity index (χ4n) is 17.7. The number of aromatic nitrogens is 4. The Morgan fingerprint density at radius 1 is 0.200 bits per heavy atom. The molecule has 8 bridgehead atoms. The van der Waals surface area contributed by atoms with Crippen LogP contribution in [0.1, 0.15) is 203 Å². The van der Waals surface area contributed by atoms with Gasteiger partial charge in [0.1, 0.15) is 0 Å². The molecule has 0 unspecified atom stereocenters. The molecule has 0 atom stereocenters. The van der Waals surface area contributed by atoms with Crippen LogP contribution < -0.4 is 9.97 Å². The fraction of sp³-hybridized carbons (Fsp3) is 0.240. The van der Waals surface area contributed by atoms with E-state index in [2.05, 4.69) is 329 Å². The Kier molecular flexibility index (Phi) is 17.7. The number of nitrogens with zero attached hydrogens (tertiary/aromatic N) is 4. The largest absolute Gasteiger partial charge is 2.00 e. The van der Waals surface area contributed by atoms with E-state index >= 15 is 0 Å². The molecule has 0 saturated carbocycles. The van der Waals surface area contributed by atoms with Gasteiger partial charge in [0.15, 0.2) is 0 Å². The van der Waals surface area contributed by atoms with Crippen LogP contribution in [0.2, 0.25) is 0 Å². The average molecular weight is 1460 g/mol. The summed E-state index contributed by atoms with van der Waals surface area (Å²) in [5, 5.41) is 13.5. The van der Waals surface area contributed by atoms with Crippen LogP contribution in [0.3, 0.4) is 0 Å². The van der Waals surface area contributed by atoms with Crippen molar-refractivity contribution in [3.05, 3.63) is 263 Å². The molecule has 4 heterocycles. The van der Waals surface area contributed by atoms with E-state index in [0.717, 1.165) is 154 Å². The van der Waals surface area contributed by atoms with Crippen molar-refractivity contribution in [2.45, 2.75) is 158 Å². The van der Waals surface area contributed by atoms with E-state index < -0.39 is 0 Å². The zero-order valence-electron chi connectivity index (χ0n) is 63.5. The van der Waals surface area contributed by atoms with Crippen molar-refractivity contribution in [3.63, 3.8) is 0 Å². The number of fused-ring (bicyclic) bond motifs is 4. The molecule has 105 heavy (non-hydrogen) atoms. The molecule has 1 aliphatic carbocycles.